The maximum Gasteiger partial charge on any atom is 0.416 e. The van der Waals surface area contributed by atoms with Gasteiger partial charge in [0.1, 0.15) is 23.5 Å². The number of aliphatic carboxylic acids is 1. The Balaban J connectivity index is 1.58. The number of carbonyl (C=O) groups is 2. The number of piperidine rings is 1. The number of carbonyl (C=O) groups excluding carboxylic acids is 1. The van der Waals surface area contributed by atoms with E-state index in [0.29, 0.717) is 38.0 Å². The molecule has 0 unspecified atom stereocenters. The van der Waals surface area contributed by atoms with Gasteiger partial charge in [0.2, 0.25) is 5.91 Å². The van der Waals surface area contributed by atoms with Crippen LogP contribution in [0.15, 0.2) is 35.3 Å². The van der Waals surface area contributed by atoms with Crippen LogP contribution in [0.5, 0.6) is 0 Å². The molecule has 0 radical (unpaired) electrons. The Kier molecular flexibility index (Phi) is 12.4. The molecule has 1 saturated carbocycles. The fraction of sp³-hybridized carbons (Fsp3) is 0.488. The van der Waals surface area contributed by atoms with Gasteiger partial charge < -0.3 is 19.9 Å². The smallest absolute Gasteiger partial charge is 0.416 e. The molecule has 0 bridgehead atoms. The maximum atomic E-state index is 16.6. The molecular formula is C41H45F6N3O4. The van der Waals surface area contributed by atoms with Gasteiger partial charge in [-0.25, -0.2) is 13.2 Å². The monoisotopic (exact) mass is 757 g/mol. The standard InChI is InChI=1S/C41H45F6N3O4/c1-6-25-18-29(36-23(4)16-27(42)17-24(36)5)39(44)37(38(25)43)32(20-35(52)53)48-40(54)33(15-22(2)3)50-21-30(31(19-34(50)51)41(45,46)47)26-11-13-49(14-12-26)28-9-7-8-10-28/h1,16-19,21-22,26,28,32-33H,7-15,20H2,2-5H3,(H,48,54)(H,52,53)/t32-,33+/m1/s1. The van der Waals surface area contributed by atoms with Gasteiger partial charge in [0.05, 0.1) is 23.6 Å². The van der Waals surface area contributed by atoms with Gasteiger partial charge in [0, 0.05) is 29.4 Å². The molecule has 1 aliphatic heterocycles. The molecule has 290 valence electrons. The highest BCUT2D eigenvalue weighted by Crippen LogP contribution is 2.41. The first kappa shape index (κ1) is 40.6. The zero-order valence-electron chi connectivity index (χ0n) is 30.8. The Bertz CT molecular complexity index is 1980. The average Bonchev–Trinajstić information content (AvgIpc) is 3.62. The van der Waals surface area contributed by atoms with Crippen molar-refractivity contribution in [2.75, 3.05) is 13.1 Å². The van der Waals surface area contributed by atoms with E-state index in [0.717, 1.165) is 54.6 Å². The molecule has 3 aromatic rings. The zero-order chi connectivity index (χ0) is 39.6. The summed E-state index contributed by atoms with van der Waals surface area (Å²) in [6, 6.07) is 0.868. The normalized spacial score (nSPS) is 17.1. The molecule has 54 heavy (non-hydrogen) atoms. The predicted molar refractivity (Wildman–Crippen MR) is 192 cm³/mol. The number of hydrogen-bond acceptors (Lipinski definition) is 4. The van der Waals surface area contributed by atoms with Crippen LogP contribution in [-0.4, -0.2) is 45.6 Å². The number of nitrogens with zero attached hydrogens (tertiary/aromatic N) is 2. The number of carboxylic acid groups (broad SMARTS) is 1. The van der Waals surface area contributed by atoms with Crippen molar-refractivity contribution in [2.45, 2.75) is 109 Å². The SMILES string of the molecule is C#Cc1cc(-c2c(C)cc(F)cc2C)c(F)c([C@@H](CC(=O)O)NC(=O)[C@H](CC(C)C)n2cc(C3CCN(C4CCCC4)CC3)c(C(F)(F)F)cc2=O)c1F. The molecule has 1 amide bonds. The number of aryl methyl sites for hydroxylation is 2. The molecule has 13 heteroatoms. The van der Waals surface area contributed by atoms with Crippen LogP contribution < -0.4 is 10.9 Å². The summed E-state index contributed by atoms with van der Waals surface area (Å²) in [5.74, 6) is -4.45. The number of likely N-dealkylation sites (tertiary alicyclic amines) is 1. The van der Waals surface area contributed by atoms with Crippen LogP contribution in [0.1, 0.15) is 117 Å². The number of hydrogen-bond donors (Lipinski definition) is 2. The van der Waals surface area contributed by atoms with Crippen LogP contribution in [-0.2, 0) is 15.8 Å². The van der Waals surface area contributed by atoms with Crippen molar-refractivity contribution in [1.82, 2.24) is 14.8 Å². The summed E-state index contributed by atoms with van der Waals surface area (Å²) in [5.41, 5.74) is -3.12. The molecule has 2 fully saturated rings. The lowest BCUT2D eigenvalue weighted by Gasteiger charge is -2.37. The number of aromatic nitrogens is 1. The number of carboxylic acids is 1. The van der Waals surface area contributed by atoms with Gasteiger partial charge in [0.15, 0.2) is 0 Å². The lowest BCUT2D eigenvalue weighted by molar-refractivity contribution is -0.139. The highest BCUT2D eigenvalue weighted by molar-refractivity contribution is 5.82. The lowest BCUT2D eigenvalue weighted by atomic mass is 9.86. The second-order valence-corrected chi connectivity index (χ2v) is 15.0. The maximum absolute atomic E-state index is 16.6. The summed E-state index contributed by atoms with van der Waals surface area (Å²) in [4.78, 5) is 42.2. The molecular weight excluding hydrogens is 712 g/mol. The molecule has 2 atom stereocenters. The van der Waals surface area contributed by atoms with E-state index >= 15 is 8.78 Å². The first-order valence-corrected chi connectivity index (χ1v) is 18.3. The number of rotatable bonds is 11. The van der Waals surface area contributed by atoms with E-state index in [1.165, 1.54) is 13.8 Å². The van der Waals surface area contributed by atoms with Gasteiger partial charge >= 0.3 is 12.1 Å². The van der Waals surface area contributed by atoms with Gasteiger partial charge in [-0.15, -0.1) is 6.42 Å². The van der Waals surface area contributed by atoms with Crippen molar-refractivity contribution in [3.05, 3.63) is 91.6 Å². The molecule has 2 heterocycles. The quantitative estimate of drug-likeness (QED) is 0.151. The lowest BCUT2D eigenvalue weighted by Crippen LogP contribution is -2.42. The summed E-state index contributed by atoms with van der Waals surface area (Å²) < 4.78 is 91.1. The van der Waals surface area contributed by atoms with Crippen LogP contribution in [0, 0.1) is 49.6 Å². The Morgan fingerprint density at radius 3 is 2.13 bits per heavy atom. The van der Waals surface area contributed by atoms with Crippen molar-refractivity contribution in [1.29, 1.82) is 0 Å². The molecule has 2 aromatic carbocycles. The summed E-state index contributed by atoms with van der Waals surface area (Å²) in [6.45, 7) is 7.63. The van der Waals surface area contributed by atoms with E-state index in [-0.39, 0.29) is 40.2 Å². The third kappa shape index (κ3) is 8.70. The number of nitrogens with one attached hydrogen (secondary N) is 1. The number of halogens is 6. The van der Waals surface area contributed by atoms with Crippen molar-refractivity contribution < 1.29 is 41.0 Å². The van der Waals surface area contributed by atoms with Crippen LogP contribution in [0.3, 0.4) is 0 Å². The van der Waals surface area contributed by atoms with Crippen molar-refractivity contribution in [2.24, 2.45) is 5.92 Å². The Morgan fingerprint density at radius 2 is 1.59 bits per heavy atom. The van der Waals surface area contributed by atoms with Crippen LogP contribution >= 0.6 is 0 Å². The van der Waals surface area contributed by atoms with Gasteiger partial charge in [-0.05, 0) is 111 Å². The first-order valence-electron chi connectivity index (χ1n) is 18.3. The number of alkyl halides is 3. The molecule has 2 N–H and O–H groups in total. The molecule has 2 aliphatic rings. The van der Waals surface area contributed by atoms with E-state index in [2.05, 4.69) is 16.1 Å². The Morgan fingerprint density at radius 1 is 0.981 bits per heavy atom. The van der Waals surface area contributed by atoms with Gasteiger partial charge in [-0.2, -0.15) is 13.2 Å². The number of benzene rings is 2. The van der Waals surface area contributed by atoms with Gasteiger partial charge in [0.25, 0.3) is 5.56 Å². The van der Waals surface area contributed by atoms with Crippen molar-refractivity contribution in [3.8, 4) is 23.5 Å². The summed E-state index contributed by atoms with van der Waals surface area (Å²) in [6.07, 6.45) is 5.86. The Labute approximate surface area is 310 Å². The van der Waals surface area contributed by atoms with Crippen LogP contribution in [0.2, 0.25) is 0 Å². The molecule has 5 rings (SSSR count). The second kappa shape index (κ2) is 16.4. The minimum absolute atomic E-state index is 0.0783. The van der Waals surface area contributed by atoms with E-state index in [1.54, 1.807) is 13.8 Å². The molecule has 1 aliphatic carbocycles. The van der Waals surface area contributed by atoms with E-state index in [1.807, 2.05) is 0 Å². The van der Waals surface area contributed by atoms with Crippen LogP contribution in [0.25, 0.3) is 11.1 Å². The first-order chi connectivity index (χ1) is 25.4. The summed E-state index contributed by atoms with van der Waals surface area (Å²) >= 11 is 0. The van der Waals surface area contributed by atoms with Gasteiger partial charge in [-0.1, -0.05) is 32.6 Å². The number of amides is 1. The number of terminal acetylenes is 1. The largest absolute Gasteiger partial charge is 0.481 e. The second-order valence-electron chi connectivity index (χ2n) is 15.0. The molecule has 1 saturated heterocycles. The van der Waals surface area contributed by atoms with Crippen LogP contribution in [0.4, 0.5) is 26.3 Å². The van der Waals surface area contributed by atoms with Crippen molar-refractivity contribution in [3.63, 3.8) is 0 Å². The fourth-order valence-electron chi connectivity index (χ4n) is 8.27. The van der Waals surface area contributed by atoms with Gasteiger partial charge in [-0.3, -0.25) is 14.4 Å². The minimum Gasteiger partial charge on any atom is -0.481 e. The van der Waals surface area contributed by atoms with E-state index in [4.69, 9.17) is 6.42 Å². The van der Waals surface area contributed by atoms with E-state index < -0.39 is 82.2 Å². The molecule has 7 nitrogen and oxygen atoms in total. The summed E-state index contributed by atoms with van der Waals surface area (Å²) in [5, 5.41) is 12.3. The third-order valence-electron chi connectivity index (χ3n) is 10.8. The Hall–Kier alpha value is -4.57. The van der Waals surface area contributed by atoms with E-state index in [9.17, 15) is 37.1 Å². The molecule has 0 spiro atoms. The fourth-order valence-corrected chi connectivity index (χ4v) is 8.27. The predicted octanol–water partition coefficient (Wildman–Crippen LogP) is 8.59. The number of pyridine rings is 1. The topological polar surface area (TPSA) is 91.6 Å². The zero-order valence-corrected chi connectivity index (χ0v) is 30.8. The summed E-state index contributed by atoms with van der Waals surface area (Å²) in [7, 11) is 0. The van der Waals surface area contributed by atoms with Crippen molar-refractivity contribution >= 4 is 11.9 Å². The highest BCUT2D eigenvalue weighted by Gasteiger charge is 2.39. The third-order valence-corrected chi connectivity index (χ3v) is 10.8. The highest BCUT2D eigenvalue weighted by atomic mass is 19.4. The average molecular weight is 758 g/mol. The molecule has 1 aromatic heterocycles. The minimum atomic E-state index is -4.85.